The molecule has 0 bridgehead atoms. The SMILES string of the molecule is O=S(=O)(P)Oc1ccccc1. The van der Waals surface area contributed by atoms with Crippen molar-refractivity contribution in [1.82, 2.24) is 0 Å². The van der Waals surface area contributed by atoms with Gasteiger partial charge in [-0.25, -0.2) is 0 Å². The summed E-state index contributed by atoms with van der Waals surface area (Å²) < 4.78 is 25.6. The molecule has 1 atom stereocenters. The van der Waals surface area contributed by atoms with Crippen LogP contribution < -0.4 is 4.18 Å². The molecule has 0 aliphatic heterocycles. The minimum absolute atomic E-state index is 0.322. The Morgan fingerprint density at radius 3 is 2.18 bits per heavy atom. The van der Waals surface area contributed by atoms with Crippen LogP contribution in [0, 0.1) is 0 Å². The summed E-state index contributed by atoms with van der Waals surface area (Å²) in [4.78, 5) is 0. The topological polar surface area (TPSA) is 43.4 Å². The molecular weight excluding hydrogens is 183 g/mol. The Morgan fingerprint density at radius 1 is 1.18 bits per heavy atom. The second-order valence-electron chi connectivity index (χ2n) is 1.89. The maximum Gasteiger partial charge on any atom is 0.318 e. The van der Waals surface area contributed by atoms with Crippen LogP contribution >= 0.6 is 8.44 Å². The van der Waals surface area contributed by atoms with E-state index in [-0.39, 0.29) is 0 Å². The molecule has 1 aromatic rings. The molecule has 0 N–H and O–H groups in total. The molecule has 1 rings (SSSR count). The Hall–Kier alpha value is -0.600. The number of rotatable bonds is 2. The van der Waals surface area contributed by atoms with Gasteiger partial charge in [0, 0.05) is 8.44 Å². The highest BCUT2D eigenvalue weighted by Gasteiger charge is 2.01. The Kier molecular flexibility index (Phi) is 2.47. The second kappa shape index (κ2) is 3.20. The molecule has 0 amide bonds. The predicted octanol–water partition coefficient (Wildman–Crippen LogP) is 1.19. The standard InChI is InChI=1S/C6H7O3PS/c7-11(8,10)9-6-4-2-1-3-5-6/h1-5H,10H2. The minimum atomic E-state index is -3.46. The van der Waals surface area contributed by atoms with Crippen molar-refractivity contribution in [2.45, 2.75) is 0 Å². The van der Waals surface area contributed by atoms with Crippen LogP contribution in [0.2, 0.25) is 0 Å². The fourth-order valence-electron chi connectivity index (χ4n) is 0.610. The molecule has 0 radical (unpaired) electrons. The highest BCUT2D eigenvalue weighted by molar-refractivity contribution is 8.34. The first-order valence-corrected chi connectivity index (χ1v) is 5.74. The molecule has 0 aliphatic rings. The Balaban J connectivity index is 2.82. The van der Waals surface area contributed by atoms with E-state index in [9.17, 15) is 8.42 Å². The molecule has 3 nitrogen and oxygen atoms in total. The fraction of sp³-hybridized carbons (Fsp3) is 0. The largest absolute Gasteiger partial charge is 0.380 e. The van der Waals surface area contributed by atoms with Crippen molar-refractivity contribution in [3.8, 4) is 5.75 Å². The Labute approximate surface area is 67.5 Å². The molecule has 0 aromatic heterocycles. The molecule has 1 aromatic carbocycles. The van der Waals surface area contributed by atoms with Crippen molar-refractivity contribution in [3.63, 3.8) is 0 Å². The fourth-order valence-corrected chi connectivity index (χ4v) is 1.32. The van der Waals surface area contributed by atoms with Crippen LogP contribution in [0.5, 0.6) is 5.75 Å². The molecule has 0 saturated heterocycles. The molecule has 0 aliphatic carbocycles. The first-order chi connectivity index (χ1) is 5.08. The van der Waals surface area contributed by atoms with Crippen molar-refractivity contribution >= 4 is 18.2 Å². The predicted molar refractivity (Wildman–Crippen MR) is 45.7 cm³/mol. The van der Waals surface area contributed by atoms with Gasteiger partial charge in [-0.3, -0.25) is 0 Å². The lowest BCUT2D eigenvalue weighted by atomic mass is 10.3. The molecule has 5 heteroatoms. The van der Waals surface area contributed by atoms with E-state index in [0.29, 0.717) is 5.75 Å². The zero-order valence-corrected chi connectivity index (χ0v) is 7.57. The van der Waals surface area contributed by atoms with Crippen LogP contribution in [0.1, 0.15) is 0 Å². The summed E-state index contributed by atoms with van der Waals surface area (Å²) in [6, 6.07) is 8.32. The van der Waals surface area contributed by atoms with Crippen LogP contribution in [-0.2, 0) is 9.74 Å². The van der Waals surface area contributed by atoms with E-state index in [4.69, 9.17) is 0 Å². The molecule has 11 heavy (non-hydrogen) atoms. The first kappa shape index (κ1) is 8.50. The number of hydrogen-bond acceptors (Lipinski definition) is 3. The van der Waals surface area contributed by atoms with Crippen LogP contribution in [-0.4, -0.2) is 8.42 Å². The second-order valence-corrected chi connectivity index (χ2v) is 4.77. The summed E-state index contributed by atoms with van der Waals surface area (Å²) in [5.74, 6) is 0.322. The van der Waals surface area contributed by atoms with Gasteiger partial charge in [-0.05, 0) is 12.1 Å². The zero-order chi connectivity index (χ0) is 8.32. The van der Waals surface area contributed by atoms with Gasteiger partial charge in [0.15, 0.2) is 0 Å². The molecule has 0 heterocycles. The third-order valence-electron chi connectivity index (χ3n) is 0.956. The quantitative estimate of drug-likeness (QED) is 0.658. The van der Waals surface area contributed by atoms with Crippen molar-refractivity contribution in [2.24, 2.45) is 0 Å². The molecular formula is C6H7O3PS. The van der Waals surface area contributed by atoms with E-state index in [2.05, 4.69) is 4.18 Å². The molecule has 60 valence electrons. The average Bonchev–Trinajstić information content (AvgIpc) is 1.85. The van der Waals surface area contributed by atoms with Crippen LogP contribution in [0.15, 0.2) is 30.3 Å². The molecule has 1 unspecified atom stereocenters. The number of para-hydroxylation sites is 1. The highest BCUT2D eigenvalue weighted by Crippen LogP contribution is 2.14. The maximum atomic E-state index is 10.5. The third kappa shape index (κ3) is 3.35. The van der Waals surface area contributed by atoms with Gasteiger partial charge in [0.1, 0.15) is 5.75 Å². The highest BCUT2D eigenvalue weighted by atomic mass is 32.7. The van der Waals surface area contributed by atoms with Gasteiger partial charge < -0.3 is 4.18 Å². The van der Waals surface area contributed by atoms with Gasteiger partial charge in [-0.2, -0.15) is 8.42 Å². The molecule has 0 fully saturated rings. The monoisotopic (exact) mass is 190 g/mol. The summed E-state index contributed by atoms with van der Waals surface area (Å²) in [7, 11) is -1.85. The van der Waals surface area contributed by atoms with Crippen LogP contribution in [0.25, 0.3) is 0 Å². The third-order valence-corrected chi connectivity index (χ3v) is 1.67. The van der Waals surface area contributed by atoms with Crippen molar-refractivity contribution in [1.29, 1.82) is 0 Å². The van der Waals surface area contributed by atoms with E-state index >= 15 is 0 Å². The Morgan fingerprint density at radius 2 is 1.73 bits per heavy atom. The Bertz CT molecular complexity index is 319. The van der Waals surface area contributed by atoms with Crippen LogP contribution in [0.4, 0.5) is 0 Å². The first-order valence-electron chi connectivity index (χ1n) is 2.85. The smallest absolute Gasteiger partial charge is 0.318 e. The van der Waals surface area contributed by atoms with Gasteiger partial charge in [0.2, 0.25) is 0 Å². The van der Waals surface area contributed by atoms with E-state index in [1.54, 1.807) is 38.8 Å². The summed E-state index contributed by atoms with van der Waals surface area (Å²) in [6.45, 7) is 0. The number of benzene rings is 1. The lowest BCUT2D eigenvalue weighted by Crippen LogP contribution is -1.98. The van der Waals surface area contributed by atoms with E-state index < -0.39 is 9.74 Å². The van der Waals surface area contributed by atoms with Gasteiger partial charge in [0.25, 0.3) is 0 Å². The van der Waals surface area contributed by atoms with Gasteiger partial charge >= 0.3 is 9.74 Å². The minimum Gasteiger partial charge on any atom is -0.380 e. The van der Waals surface area contributed by atoms with E-state index in [0.717, 1.165) is 0 Å². The summed E-state index contributed by atoms with van der Waals surface area (Å²) in [5, 5.41) is 0. The normalized spacial score (nSPS) is 11.0. The van der Waals surface area contributed by atoms with Crippen LogP contribution in [0.3, 0.4) is 0 Å². The lowest BCUT2D eigenvalue weighted by Gasteiger charge is -1.99. The van der Waals surface area contributed by atoms with Gasteiger partial charge in [-0.1, -0.05) is 18.2 Å². The summed E-state index contributed by atoms with van der Waals surface area (Å²) >= 11 is 0. The van der Waals surface area contributed by atoms with Crippen molar-refractivity contribution in [3.05, 3.63) is 30.3 Å². The molecule has 0 spiro atoms. The van der Waals surface area contributed by atoms with Gasteiger partial charge in [-0.15, -0.1) is 0 Å². The van der Waals surface area contributed by atoms with Crippen molar-refractivity contribution < 1.29 is 12.6 Å². The molecule has 0 saturated carbocycles. The van der Waals surface area contributed by atoms with Gasteiger partial charge in [0.05, 0.1) is 0 Å². The lowest BCUT2D eigenvalue weighted by molar-refractivity contribution is 0.505. The summed E-state index contributed by atoms with van der Waals surface area (Å²) in [6.07, 6.45) is 0. The summed E-state index contributed by atoms with van der Waals surface area (Å²) in [5.41, 5.74) is 0. The maximum absolute atomic E-state index is 10.5. The van der Waals surface area contributed by atoms with E-state index in [1.807, 2.05) is 0 Å². The van der Waals surface area contributed by atoms with Crippen molar-refractivity contribution in [2.75, 3.05) is 0 Å². The zero-order valence-electron chi connectivity index (χ0n) is 5.60. The average molecular weight is 190 g/mol. The van der Waals surface area contributed by atoms with E-state index in [1.165, 1.54) is 0 Å². The number of hydrogen-bond donors (Lipinski definition) is 0.